The number of benzene rings is 1. The normalized spacial score (nSPS) is 17.6. The molecule has 1 fully saturated rings. The monoisotopic (exact) mass is 320 g/mol. The first kappa shape index (κ1) is 17.6. The van der Waals surface area contributed by atoms with Crippen molar-refractivity contribution < 1.29 is 14.3 Å². The molecule has 1 N–H and O–H groups in total. The van der Waals surface area contributed by atoms with E-state index in [4.69, 9.17) is 9.47 Å². The van der Waals surface area contributed by atoms with Crippen molar-refractivity contribution in [2.75, 3.05) is 34.4 Å². The fourth-order valence-corrected chi connectivity index (χ4v) is 3.05. The summed E-state index contributed by atoms with van der Waals surface area (Å²) in [5.41, 5.74) is 1.05. The molecule has 128 valence electrons. The lowest BCUT2D eigenvalue weighted by Gasteiger charge is -2.29. The fourth-order valence-electron chi connectivity index (χ4n) is 3.05. The van der Waals surface area contributed by atoms with E-state index < -0.39 is 0 Å². The van der Waals surface area contributed by atoms with E-state index in [1.165, 1.54) is 0 Å². The first-order valence-electron chi connectivity index (χ1n) is 8.29. The van der Waals surface area contributed by atoms with Gasteiger partial charge in [-0.2, -0.15) is 0 Å². The maximum atomic E-state index is 12.5. The molecule has 5 nitrogen and oxygen atoms in total. The lowest BCUT2D eigenvalue weighted by Crippen LogP contribution is -2.40. The summed E-state index contributed by atoms with van der Waals surface area (Å²) in [5, 5.41) is 3.20. The van der Waals surface area contributed by atoms with E-state index in [1.54, 1.807) is 14.2 Å². The second kappa shape index (κ2) is 8.20. The van der Waals surface area contributed by atoms with Gasteiger partial charge < -0.3 is 19.7 Å². The van der Waals surface area contributed by atoms with Gasteiger partial charge in [0.05, 0.1) is 20.3 Å². The summed E-state index contributed by atoms with van der Waals surface area (Å²) in [5.74, 6) is 1.69. The molecular weight excluding hydrogens is 292 g/mol. The van der Waals surface area contributed by atoms with Crippen LogP contribution in [0.5, 0.6) is 11.5 Å². The predicted octanol–water partition coefficient (Wildman–Crippen LogP) is 2.61. The van der Waals surface area contributed by atoms with E-state index in [0.717, 1.165) is 37.9 Å². The molecule has 0 saturated carbocycles. The molecule has 1 aliphatic rings. The van der Waals surface area contributed by atoms with Crippen LogP contribution in [0, 0.1) is 5.92 Å². The van der Waals surface area contributed by atoms with Gasteiger partial charge in [0.1, 0.15) is 0 Å². The SMILES string of the molecule is CCC(NC(=O)C1CCN(C)CC1)c1ccc(OC)c(OC)c1. The number of rotatable bonds is 6. The van der Waals surface area contributed by atoms with Gasteiger partial charge in [0.15, 0.2) is 11.5 Å². The number of piperidine rings is 1. The summed E-state index contributed by atoms with van der Waals surface area (Å²) in [6, 6.07) is 5.83. The van der Waals surface area contributed by atoms with E-state index >= 15 is 0 Å². The molecule has 1 atom stereocenters. The first-order valence-corrected chi connectivity index (χ1v) is 8.29. The minimum atomic E-state index is 0.00182. The molecule has 1 heterocycles. The van der Waals surface area contributed by atoms with Gasteiger partial charge in [-0.3, -0.25) is 4.79 Å². The molecule has 0 bridgehead atoms. The molecule has 0 spiro atoms. The van der Waals surface area contributed by atoms with Crippen LogP contribution in [0.15, 0.2) is 18.2 Å². The highest BCUT2D eigenvalue weighted by atomic mass is 16.5. The van der Waals surface area contributed by atoms with Gasteiger partial charge in [-0.1, -0.05) is 13.0 Å². The number of carbonyl (C=O) groups excluding carboxylic acids is 1. The van der Waals surface area contributed by atoms with Crippen LogP contribution in [-0.4, -0.2) is 45.2 Å². The summed E-state index contributed by atoms with van der Waals surface area (Å²) in [6.07, 6.45) is 2.71. The second-order valence-corrected chi connectivity index (χ2v) is 6.16. The number of likely N-dealkylation sites (tertiary alicyclic amines) is 1. The predicted molar refractivity (Wildman–Crippen MR) is 90.9 cm³/mol. The van der Waals surface area contributed by atoms with Crippen molar-refractivity contribution in [3.8, 4) is 11.5 Å². The Labute approximate surface area is 139 Å². The van der Waals surface area contributed by atoms with E-state index in [-0.39, 0.29) is 17.9 Å². The molecule has 0 aromatic heterocycles. The van der Waals surface area contributed by atoms with Crippen molar-refractivity contribution >= 4 is 5.91 Å². The third kappa shape index (κ3) is 4.38. The molecule has 0 aliphatic carbocycles. The van der Waals surface area contributed by atoms with Crippen molar-refractivity contribution in [1.29, 1.82) is 0 Å². The maximum absolute atomic E-state index is 12.5. The number of carbonyl (C=O) groups is 1. The Morgan fingerprint density at radius 2 is 1.91 bits per heavy atom. The lowest BCUT2D eigenvalue weighted by molar-refractivity contribution is -0.127. The third-order valence-electron chi connectivity index (χ3n) is 4.62. The van der Waals surface area contributed by atoms with Gasteiger partial charge in [0.2, 0.25) is 5.91 Å². The van der Waals surface area contributed by atoms with E-state index in [9.17, 15) is 4.79 Å². The van der Waals surface area contributed by atoms with Crippen LogP contribution in [-0.2, 0) is 4.79 Å². The van der Waals surface area contributed by atoms with Crippen LogP contribution in [0.2, 0.25) is 0 Å². The standard InChI is InChI=1S/C18H28N2O3/c1-5-15(14-6-7-16(22-3)17(12-14)23-4)19-18(21)13-8-10-20(2)11-9-13/h6-7,12-13,15H,5,8-11H2,1-4H3,(H,19,21). The van der Waals surface area contributed by atoms with Crippen LogP contribution in [0.25, 0.3) is 0 Å². The third-order valence-corrected chi connectivity index (χ3v) is 4.62. The van der Waals surface area contributed by atoms with E-state index in [1.807, 2.05) is 18.2 Å². The van der Waals surface area contributed by atoms with Crippen LogP contribution < -0.4 is 14.8 Å². The number of amides is 1. The molecule has 1 aromatic rings. The van der Waals surface area contributed by atoms with Gasteiger partial charge in [-0.15, -0.1) is 0 Å². The average Bonchev–Trinajstić information content (AvgIpc) is 2.59. The highest BCUT2D eigenvalue weighted by Gasteiger charge is 2.25. The molecular formula is C18H28N2O3. The van der Waals surface area contributed by atoms with Crippen LogP contribution in [0.3, 0.4) is 0 Å². The lowest BCUT2D eigenvalue weighted by atomic mass is 9.95. The quantitative estimate of drug-likeness (QED) is 0.875. The zero-order valence-electron chi connectivity index (χ0n) is 14.6. The number of hydrogen-bond donors (Lipinski definition) is 1. The summed E-state index contributed by atoms with van der Waals surface area (Å²) >= 11 is 0. The van der Waals surface area contributed by atoms with E-state index in [2.05, 4.69) is 24.2 Å². The minimum absolute atomic E-state index is 0.00182. The number of nitrogens with one attached hydrogen (secondary N) is 1. The Bertz CT molecular complexity index is 525. The smallest absolute Gasteiger partial charge is 0.223 e. The van der Waals surface area contributed by atoms with Crippen molar-refractivity contribution in [2.45, 2.75) is 32.2 Å². The number of ether oxygens (including phenoxy) is 2. The topological polar surface area (TPSA) is 50.8 Å². The van der Waals surface area contributed by atoms with Crippen LogP contribution in [0.1, 0.15) is 37.8 Å². The molecule has 23 heavy (non-hydrogen) atoms. The zero-order valence-corrected chi connectivity index (χ0v) is 14.6. The second-order valence-electron chi connectivity index (χ2n) is 6.16. The van der Waals surface area contributed by atoms with Gasteiger partial charge in [-0.05, 0) is 57.1 Å². The Morgan fingerprint density at radius 3 is 2.48 bits per heavy atom. The van der Waals surface area contributed by atoms with Gasteiger partial charge in [0.25, 0.3) is 0 Å². The first-order chi connectivity index (χ1) is 11.1. The van der Waals surface area contributed by atoms with Crippen LogP contribution >= 0.6 is 0 Å². The minimum Gasteiger partial charge on any atom is -0.493 e. The summed E-state index contributed by atoms with van der Waals surface area (Å²) in [6.45, 7) is 4.06. The molecule has 1 amide bonds. The molecule has 1 saturated heterocycles. The molecule has 2 rings (SSSR count). The molecule has 1 unspecified atom stereocenters. The Balaban J connectivity index is 2.06. The van der Waals surface area contributed by atoms with Crippen molar-refractivity contribution in [2.24, 2.45) is 5.92 Å². The van der Waals surface area contributed by atoms with E-state index in [0.29, 0.717) is 11.5 Å². The summed E-state index contributed by atoms with van der Waals surface area (Å²) in [7, 11) is 5.35. The fraction of sp³-hybridized carbons (Fsp3) is 0.611. The maximum Gasteiger partial charge on any atom is 0.223 e. The van der Waals surface area contributed by atoms with Gasteiger partial charge in [-0.25, -0.2) is 0 Å². The number of hydrogen-bond acceptors (Lipinski definition) is 4. The molecule has 0 radical (unpaired) electrons. The Hall–Kier alpha value is -1.75. The van der Waals surface area contributed by atoms with Crippen molar-refractivity contribution in [3.63, 3.8) is 0 Å². The number of nitrogens with zero attached hydrogens (tertiary/aromatic N) is 1. The summed E-state index contributed by atoms with van der Waals surface area (Å²) < 4.78 is 10.6. The average molecular weight is 320 g/mol. The largest absolute Gasteiger partial charge is 0.493 e. The zero-order chi connectivity index (χ0) is 16.8. The molecule has 5 heteroatoms. The highest BCUT2D eigenvalue weighted by molar-refractivity contribution is 5.79. The van der Waals surface area contributed by atoms with Crippen molar-refractivity contribution in [3.05, 3.63) is 23.8 Å². The Morgan fingerprint density at radius 1 is 1.26 bits per heavy atom. The number of methoxy groups -OCH3 is 2. The molecule has 1 aromatic carbocycles. The van der Waals surface area contributed by atoms with Crippen LogP contribution in [0.4, 0.5) is 0 Å². The van der Waals surface area contributed by atoms with Gasteiger partial charge in [0, 0.05) is 5.92 Å². The Kier molecular flexibility index (Phi) is 6.28. The highest BCUT2D eigenvalue weighted by Crippen LogP contribution is 2.31. The van der Waals surface area contributed by atoms with Gasteiger partial charge >= 0.3 is 0 Å². The van der Waals surface area contributed by atoms with Crippen molar-refractivity contribution in [1.82, 2.24) is 10.2 Å². The summed E-state index contributed by atoms with van der Waals surface area (Å²) in [4.78, 5) is 14.8. The molecule has 1 aliphatic heterocycles.